The Labute approximate surface area is 238 Å². The third-order valence-corrected chi connectivity index (χ3v) is 7.32. The molecule has 9 nitrogen and oxygen atoms in total. The lowest BCUT2D eigenvalue weighted by molar-refractivity contribution is 0.181. The van der Waals surface area contributed by atoms with E-state index in [-0.39, 0.29) is 23.6 Å². The number of nitrogens with one attached hydrogen (secondary N) is 2. The average Bonchev–Trinajstić information content (AvgIpc) is 3.61. The highest BCUT2D eigenvalue weighted by molar-refractivity contribution is 5.62. The van der Waals surface area contributed by atoms with E-state index in [0.717, 1.165) is 68.1 Å². The molecule has 1 fully saturated rings. The molecule has 0 amide bonds. The fourth-order valence-corrected chi connectivity index (χ4v) is 5.25. The van der Waals surface area contributed by atoms with Gasteiger partial charge in [0, 0.05) is 56.0 Å². The van der Waals surface area contributed by atoms with Crippen molar-refractivity contribution in [2.45, 2.75) is 52.6 Å². The zero-order valence-electron chi connectivity index (χ0n) is 23.8. The summed E-state index contributed by atoms with van der Waals surface area (Å²) in [6.45, 7) is 6.83. The van der Waals surface area contributed by atoms with Crippen molar-refractivity contribution in [2.24, 2.45) is 11.8 Å². The highest BCUT2D eigenvalue weighted by atomic mass is 19.1. The molecule has 11 heteroatoms. The molecule has 0 spiro atoms. The zero-order chi connectivity index (χ0) is 28.8. The summed E-state index contributed by atoms with van der Waals surface area (Å²) in [6, 6.07) is 6.06. The van der Waals surface area contributed by atoms with Gasteiger partial charge in [-0.3, -0.25) is 10.2 Å². The second kappa shape index (κ2) is 13.2. The van der Waals surface area contributed by atoms with Gasteiger partial charge in [0.25, 0.3) is 0 Å². The monoisotopic (exact) mass is 565 g/mol. The number of hydrogen-bond acceptors (Lipinski definition) is 7. The molecule has 0 radical (unpaired) electrons. The van der Waals surface area contributed by atoms with Crippen molar-refractivity contribution in [3.05, 3.63) is 59.7 Å². The molecule has 0 saturated carbocycles. The van der Waals surface area contributed by atoms with Gasteiger partial charge in [-0.25, -0.2) is 18.7 Å². The van der Waals surface area contributed by atoms with Crippen LogP contribution in [0.3, 0.4) is 0 Å². The molecule has 1 aliphatic heterocycles. The van der Waals surface area contributed by atoms with Crippen molar-refractivity contribution < 1.29 is 18.3 Å². The lowest BCUT2D eigenvalue weighted by atomic mass is 9.92. The van der Waals surface area contributed by atoms with E-state index in [9.17, 15) is 8.78 Å². The number of rotatable bonds is 12. The predicted molar refractivity (Wildman–Crippen MR) is 152 cm³/mol. The normalized spacial score (nSPS) is 14.2. The summed E-state index contributed by atoms with van der Waals surface area (Å²) >= 11 is 0. The Kier molecular flexibility index (Phi) is 9.23. The topological polar surface area (TPSA) is 105 Å². The number of aromatic nitrogens is 6. The smallest absolute Gasteiger partial charge is 0.225 e. The molecule has 0 atom stereocenters. The molecule has 1 aromatic carbocycles. The van der Waals surface area contributed by atoms with E-state index in [2.05, 4.69) is 55.2 Å². The number of nitrogens with zero attached hydrogens (tertiary/aromatic N) is 5. The molecular weight excluding hydrogens is 528 g/mol. The van der Waals surface area contributed by atoms with Crippen LogP contribution < -0.4 is 9.64 Å². The van der Waals surface area contributed by atoms with Gasteiger partial charge in [0.05, 0.1) is 35.9 Å². The summed E-state index contributed by atoms with van der Waals surface area (Å²) in [5.41, 5.74) is 3.54. The van der Waals surface area contributed by atoms with Crippen LogP contribution in [0.15, 0.2) is 36.7 Å². The number of hydrogen-bond donors (Lipinski definition) is 2. The molecule has 5 rings (SSSR count). The number of aromatic amines is 2. The Hall–Kier alpha value is -3.86. The van der Waals surface area contributed by atoms with Gasteiger partial charge in [-0.15, -0.1) is 0 Å². The van der Waals surface area contributed by atoms with Gasteiger partial charge in [-0.2, -0.15) is 10.2 Å². The van der Waals surface area contributed by atoms with E-state index in [1.165, 1.54) is 19.2 Å². The van der Waals surface area contributed by atoms with Crippen LogP contribution in [0.4, 0.5) is 14.7 Å². The van der Waals surface area contributed by atoms with Crippen LogP contribution in [0.1, 0.15) is 50.9 Å². The van der Waals surface area contributed by atoms with Gasteiger partial charge >= 0.3 is 0 Å². The first-order valence-corrected chi connectivity index (χ1v) is 14.2. The number of anilines is 1. The van der Waals surface area contributed by atoms with Crippen molar-refractivity contribution in [3.8, 4) is 28.3 Å². The van der Waals surface area contributed by atoms with Crippen molar-refractivity contribution in [1.29, 1.82) is 0 Å². The van der Waals surface area contributed by atoms with E-state index in [1.807, 2.05) is 12.4 Å². The van der Waals surface area contributed by atoms with E-state index < -0.39 is 11.6 Å². The Balaban J connectivity index is 1.05. The maximum atomic E-state index is 14.7. The lowest BCUT2D eigenvalue weighted by Crippen LogP contribution is -2.34. The number of ether oxygens (including phenoxy) is 2. The van der Waals surface area contributed by atoms with Crippen molar-refractivity contribution in [1.82, 2.24) is 30.4 Å². The Morgan fingerprint density at radius 3 is 2.29 bits per heavy atom. The fraction of sp³-hybridized carbons (Fsp3) is 0.467. The molecule has 1 aliphatic rings. The molecule has 0 bridgehead atoms. The maximum Gasteiger partial charge on any atom is 0.225 e. The minimum atomic E-state index is -0.710. The summed E-state index contributed by atoms with van der Waals surface area (Å²) < 4.78 is 40.1. The SMILES string of the molecule is COCc1cc(-c2c(F)cc(OCCCC3CCN(c4ncc(-c5cc(CC(C)C)[nH]n5)cn4)CC3)cc2F)n[nH]1. The molecule has 4 aromatic rings. The first kappa shape index (κ1) is 28.7. The van der Waals surface area contributed by atoms with Crippen LogP contribution in [-0.4, -0.2) is 57.2 Å². The summed E-state index contributed by atoms with van der Waals surface area (Å²) in [7, 11) is 1.54. The quantitative estimate of drug-likeness (QED) is 0.204. The van der Waals surface area contributed by atoms with Gasteiger partial charge in [-0.1, -0.05) is 13.8 Å². The lowest BCUT2D eigenvalue weighted by Gasteiger charge is -2.32. The summed E-state index contributed by atoms with van der Waals surface area (Å²) in [4.78, 5) is 11.4. The summed E-state index contributed by atoms with van der Waals surface area (Å²) in [5.74, 6) is 0.628. The van der Waals surface area contributed by atoms with Crippen LogP contribution >= 0.6 is 0 Å². The second-order valence-corrected chi connectivity index (χ2v) is 11.0. The van der Waals surface area contributed by atoms with Gasteiger partial charge in [-0.05, 0) is 56.1 Å². The molecule has 2 N–H and O–H groups in total. The molecule has 218 valence electrons. The molecule has 3 aromatic heterocycles. The first-order chi connectivity index (χ1) is 19.9. The van der Waals surface area contributed by atoms with Gasteiger partial charge in [0.1, 0.15) is 17.4 Å². The van der Waals surface area contributed by atoms with Crippen molar-refractivity contribution >= 4 is 5.95 Å². The highest BCUT2D eigenvalue weighted by Gasteiger charge is 2.21. The molecular formula is C30H37F2N7O2. The first-order valence-electron chi connectivity index (χ1n) is 14.2. The van der Waals surface area contributed by atoms with Crippen molar-refractivity contribution in [2.75, 3.05) is 31.7 Å². The maximum absolute atomic E-state index is 14.7. The standard InChI is InChI=1S/C30H37F2N7O2/c1-19(2)11-22-12-27(37-35-22)21-16-33-30(34-17-21)39-8-6-20(7-9-39)5-4-10-41-24-14-25(31)29(26(32)15-24)28-13-23(18-40-3)36-38-28/h12-17,19-20H,4-11,18H2,1-3H3,(H,35,37)(H,36,38). The molecule has 41 heavy (non-hydrogen) atoms. The summed E-state index contributed by atoms with van der Waals surface area (Å²) in [5, 5.41) is 14.2. The number of halogens is 2. The molecule has 4 heterocycles. The van der Waals surface area contributed by atoms with Crippen LogP contribution in [0, 0.1) is 23.5 Å². The minimum Gasteiger partial charge on any atom is -0.493 e. The second-order valence-electron chi connectivity index (χ2n) is 11.0. The summed E-state index contributed by atoms with van der Waals surface area (Å²) in [6.07, 6.45) is 8.51. The Morgan fingerprint density at radius 2 is 1.61 bits per heavy atom. The van der Waals surface area contributed by atoms with Gasteiger partial charge in [0.15, 0.2) is 0 Å². The van der Waals surface area contributed by atoms with Gasteiger partial charge in [0.2, 0.25) is 5.95 Å². The third-order valence-electron chi connectivity index (χ3n) is 7.32. The van der Waals surface area contributed by atoms with Crippen LogP contribution in [-0.2, 0) is 17.8 Å². The van der Waals surface area contributed by atoms with E-state index in [1.54, 1.807) is 6.07 Å². The van der Waals surface area contributed by atoms with Crippen LogP contribution in [0.25, 0.3) is 22.5 Å². The Morgan fingerprint density at radius 1 is 0.951 bits per heavy atom. The number of methoxy groups -OCH3 is 1. The number of benzene rings is 1. The van der Waals surface area contributed by atoms with Crippen LogP contribution in [0.5, 0.6) is 5.75 Å². The average molecular weight is 566 g/mol. The number of piperidine rings is 1. The molecule has 0 unspecified atom stereocenters. The third kappa shape index (κ3) is 7.27. The zero-order valence-corrected chi connectivity index (χ0v) is 23.8. The molecule has 0 aliphatic carbocycles. The number of H-pyrrole nitrogens is 2. The highest BCUT2D eigenvalue weighted by Crippen LogP contribution is 2.30. The predicted octanol–water partition coefficient (Wildman–Crippen LogP) is 5.96. The van der Waals surface area contributed by atoms with E-state index in [4.69, 9.17) is 9.47 Å². The van der Waals surface area contributed by atoms with Gasteiger partial charge < -0.3 is 14.4 Å². The van der Waals surface area contributed by atoms with E-state index >= 15 is 0 Å². The minimum absolute atomic E-state index is 0.179. The molecule has 1 saturated heterocycles. The fourth-order valence-electron chi connectivity index (χ4n) is 5.25. The van der Waals surface area contributed by atoms with Crippen LogP contribution in [0.2, 0.25) is 0 Å². The Bertz CT molecular complexity index is 1390. The van der Waals surface area contributed by atoms with E-state index in [0.29, 0.717) is 24.1 Å². The van der Waals surface area contributed by atoms with Crippen molar-refractivity contribution in [3.63, 3.8) is 0 Å². The largest absolute Gasteiger partial charge is 0.493 e.